The van der Waals surface area contributed by atoms with E-state index < -0.39 is 0 Å². The minimum Gasteiger partial charge on any atom is -0.309 e. The second kappa shape index (κ2) is 11.3. The lowest BCUT2D eigenvalue weighted by atomic mass is 9.91. The number of imidazole rings is 1. The van der Waals surface area contributed by atoms with Gasteiger partial charge in [-0.3, -0.25) is 4.57 Å². The van der Waals surface area contributed by atoms with Crippen LogP contribution < -0.4 is 0 Å². The van der Waals surface area contributed by atoms with Crippen molar-refractivity contribution in [3.63, 3.8) is 0 Å². The van der Waals surface area contributed by atoms with Crippen LogP contribution in [-0.4, -0.2) is 14.1 Å². The first-order valence-electron chi connectivity index (χ1n) is 17.8. The van der Waals surface area contributed by atoms with Crippen molar-refractivity contribution in [2.45, 2.75) is 0 Å². The monoisotopic (exact) mass is 661 g/mol. The van der Waals surface area contributed by atoms with Gasteiger partial charge in [-0.25, -0.2) is 4.98 Å². The highest BCUT2D eigenvalue weighted by Crippen LogP contribution is 2.44. The summed E-state index contributed by atoms with van der Waals surface area (Å²) < 4.78 is 4.78. The van der Waals surface area contributed by atoms with Gasteiger partial charge in [0.05, 0.1) is 22.1 Å². The first kappa shape index (κ1) is 28.8. The van der Waals surface area contributed by atoms with E-state index in [0.717, 1.165) is 33.8 Å². The number of benzene rings is 9. The smallest absolute Gasteiger partial charge is 0.146 e. The van der Waals surface area contributed by atoms with Gasteiger partial charge in [0.25, 0.3) is 0 Å². The highest BCUT2D eigenvalue weighted by atomic mass is 15.1. The largest absolute Gasteiger partial charge is 0.309 e. The second-order valence-electron chi connectivity index (χ2n) is 13.6. The Bertz CT molecular complexity index is 3170. The summed E-state index contributed by atoms with van der Waals surface area (Å²) in [6, 6.07) is 67.9. The van der Waals surface area contributed by atoms with Crippen LogP contribution in [0.4, 0.5) is 0 Å². The third-order valence-corrected chi connectivity index (χ3v) is 10.7. The van der Waals surface area contributed by atoms with Gasteiger partial charge in [0, 0.05) is 33.1 Å². The van der Waals surface area contributed by atoms with Crippen LogP contribution in [0.25, 0.3) is 99.0 Å². The van der Waals surface area contributed by atoms with Crippen molar-refractivity contribution in [3.05, 3.63) is 188 Å². The molecular formula is C49H31N3. The van der Waals surface area contributed by atoms with Crippen LogP contribution in [0, 0.1) is 0 Å². The van der Waals surface area contributed by atoms with E-state index in [2.05, 4.69) is 197 Å². The topological polar surface area (TPSA) is 22.8 Å². The number of hydrogen-bond acceptors (Lipinski definition) is 1. The zero-order chi connectivity index (χ0) is 34.2. The first-order valence-corrected chi connectivity index (χ1v) is 17.8. The van der Waals surface area contributed by atoms with E-state index in [1.165, 1.54) is 65.3 Å². The zero-order valence-corrected chi connectivity index (χ0v) is 28.2. The fourth-order valence-electron chi connectivity index (χ4n) is 8.43. The predicted molar refractivity (Wildman–Crippen MR) is 219 cm³/mol. The van der Waals surface area contributed by atoms with Gasteiger partial charge in [-0.15, -0.1) is 0 Å². The molecule has 3 heteroatoms. The van der Waals surface area contributed by atoms with Gasteiger partial charge in [-0.05, 0) is 92.7 Å². The summed E-state index contributed by atoms with van der Waals surface area (Å²) in [7, 11) is 0. The highest BCUT2D eigenvalue weighted by Gasteiger charge is 2.22. The van der Waals surface area contributed by atoms with E-state index in [9.17, 15) is 0 Å². The van der Waals surface area contributed by atoms with Crippen LogP contribution in [0.2, 0.25) is 0 Å². The Morgan fingerprint density at radius 3 is 1.67 bits per heavy atom. The Hall–Kier alpha value is -6.97. The number of rotatable bonds is 4. The fraction of sp³-hybridized carbons (Fsp3) is 0. The Kier molecular flexibility index (Phi) is 6.25. The highest BCUT2D eigenvalue weighted by molar-refractivity contribution is 6.29. The van der Waals surface area contributed by atoms with Gasteiger partial charge in [-0.1, -0.05) is 133 Å². The molecule has 0 spiro atoms. The van der Waals surface area contributed by atoms with Crippen LogP contribution >= 0.6 is 0 Å². The molecule has 0 saturated heterocycles. The van der Waals surface area contributed by atoms with Crippen LogP contribution in [0.15, 0.2) is 188 Å². The van der Waals surface area contributed by atoms with Crippen molar-refractivity contribution in [2.24, 2.45) is 0 Å². The quantitative estimate of drug-likeness (QED) is 0.172. The number of para-hydroxylation sites is 4. The first-order chi connectivity index (χ1) is 25.8. The molecule has 0 atom stereocenters. The molecule has 0 bridgehead atoms. The molecule has 11 aromatic rings. The van der Waals surface area contributed by atoms with Gasteiger partial charge in [-0.2, -0.15) is 0 Å². The molecule has 0 amide bonds. The van der Waals surface area contributed by atoms with Crippen molar-refractivity contribution in [1.82, 2.24) is 14.1 Å². The van der Waals surface area contributed by atoms with E-state index in [1.54, 1.807) is 0 Å². The molecule has 0 unspecified atom stereocenters. The van der Waals surface area contributed by atoms with Gasteiger partial charge >= 0.3 is 0 Å². The third kappa shape index (κ3) is 4.23. The average molecular weight is 662 g/mol. The summed E-state index contributed by atoms with van der Waals surface area (Å²) in [6.07, 6.45) is 0. The lowest BCUT2D eigenvalue weighted by Gasteiger charge is -2.18. The molecule has 242 valence electrons. The van der Waals surface area contributed by atoms with E-state index in [4.69, 9.17) is 4.98 Å². The molecule has 0 N–H and O–H groups in total. The molecule has 9 aromatic carbocycles. The summed E-state index contributed by atoms with van der Waals surface area (Å²) in [5.74, 6) is 0.923. The Morgan fingerprint density at radius 2 is 0.904 bits per heavy atom. The lowest BCUT2D eigenvalue weighted by Crippen LogP contribution is -2.01. The van der Waals surface area contributed by atoms with Crippen molar-refractivity contribution in [1.29, 1.82) is 0 Å². The fourth-order valence-corrected chi connectivity index (χ4v) is 8.43. The maximum absolute atomic E-state index is 5.44. The van der Waals surface area contributed by atoms with Gasteiger partial charge in [0.15, 0.2) is 0 Å². The lowest BCUT2D eigenvalue weighted by molar-refractivity contribution is 1.10. The van der Waals surface area contributed by atoms with Crippen LogP contribution in [0.1, 0.15) is 0 Å². The average Bonchev–Trinajstić information content (AvgIpc) is 3.77. The number of fused-ring (bicyclic) bond motifs is 10. The van der Waals surface area contributed by atoms with Crippen LogP contribution in [0.5, 0.6) is 0 Å². The Labute approximate surface area is 300 Å². The summed E-state index contributed by atoms with van der Waals surface area (Å²) in [4.78, 5) is 5.44. The van der Waals surface area contributed by atoms with Gasteiger partial charge < -0.3 is 4.57 Å². The van der Waals surface area contributed by atoms with Crippen LogP contribution in [-0.2, 0) is 0 Å². The molecule has 2 heterocycles. The van der Waals surface area contributed by atoms with E-state index in [-0.39, 0.29) is 0 Å². The van der Waals surface area contributed by atoms with E-state index >= 15 is 0 Å². The minimum atomic E-state index is 0.923. The molecule has 52 heavy (non-hydrogen) atoms. The normalized spacial score (nSPS) is 11.8. The van der Waals surface area contributed by atoms with Crippen molar-refractivity contribution in [2.75, 3.05) is 0 Å². The number of nitrogens with zero attached hydrogens (tertiary/aromatic N) is 3. The maximum atomic E-state index is 5.44. The Balaban J connectivity index is 1.32. The third-order valence-electron chi connectivity index (χ3n) is 10.7. The van der Waals surface area contributed by atoms with Crippen molar-refractivity contribution in [3.8, 4) is 33.9 Å². The molecule has 2 aromatic heterocycles. The maximum Gasteiger partial charge on any atom is 0.146 e. The molecule has 0 radical (unpaired) electrons. The number of hydrogen-bond donors (Lipinski definition) is 0. The Morgan fingerprint density at radius 1 is 0.327 bits per heavy atom. The number of aromatic nitrogens is 3. The van der Waals surface area contributed by atoms with E-state index in [1.807, 2.05) is 0 Å². The van der Waals surface area contributed by atoms with Crippen molar-refractivity contribution < 1.29 is 0 Å². The molecule has 0 aliphatic carbocycles. The van der Waals surface area contributed by atoms with Crippen molar-refractivity contribution >= 4 is 65.2 Å². The molecule has 3 nitrogen and oxygen atoms in total. The van der Waals surface area contributed by atoms with Gasteiger partial charge in [0.2, 0.25) is 0 Å². The summed E-state index contributed by atoms with van der Waals surface area (Å²) >= 11 is 0. The second-order valence-corrected chi connectivity index (χ2v) is 13.6. The van der Waals surface area contributed by atoms with Crippen LogP contribution in [0.3, 0.4) is 0 Å². The summed E-state index contributed by atoms with van der Waals surface area (Å²) in [5.41, 5.74) is 10.1. The SMILES string of the molecule is c1ccc(-c2ccc3c(c2)c2ccccc2n3-c2cc(-c3nc4ccccc4n3-c3ccccc3)c3c4ccccc4c4ccccc4c3c2)cc1. The standard InChI is InChI=1S/C49H31N3/c1-3-15-32(16-4-1)33-27-28-46-41(29-33)39-22-11-13-25-45(39)51(46)35-30-42-38-21-8-7-19-36(38)37-20-9-10-23-40(37)48(42)43(31-35)49-50-44-24-12-14-26-47(44)52(49)34-17-5-2-6-18-34/h1-31H. The summed E-state index contributed by atoms with van der Waals surface area (Å²) in [5, 5.41) is 9.83. The van der Waals surface area contributed by atoms with E-state index in [0.29, 0.717) is 0 Å². The molecule has 0 saturated carbocycles. The predicted octanol–water partition coefficient (Wildman–Crippen LogP) is 12.9. The molecular weight excluding hydrogens is 631 g/mol. The molecule has 0 aliphatic heterocycles. The minimum absolute atomic E-state index is 0.923. The molecule has 11 rings (SSSR count). The van der Waals surface area contributed by atoms with Gasteiger partial charge in [0.1, 0.15) is 5.82 Å². The molecule has 0 fully saturated rings. The summed E-state index contributed by atoms with van der Waals surface area (Å²) in [6.45, 7) is 0. The zero-order valence-electron chi connectivity index (χ0n) is 28.2. The molecule has 0 aliphatic rings.